The Balaban J connectivity index is 1.59. The van der Waals surface area contributed by atoms with E-state index in [9.17, 15) is 14.0 Å². The van der Waals surface area contributed by atoms with Gasteiger partial charge in [-0.15, -0.1) is 0 Å². The second-order valence-corrected chi connectivity index (χ2v) is 8.38. The highest BCUT2D eigenvalue weighted by Gasteiger charge is 2.31. The van der Waals surface area contributed by atoms with Gasteiger partial charge in [-0.2, -0.15) is 10.2 Å². The minimum atomic E-state index is -0.525. The molecule has 1 N–H and O–H groups in total. The van der Waals surface area contributed by atoms with Crippen molar-refractivity contribution in [1.82, 2.24) is 24.9 Å². The molecule has 1 aromatic carbocycles. The molecule has 2 aromatic heterocycles. The molecule has 1 amide bonds. The lowest BCUT2D eigenvalue weighted by Crippen LogP contribution is -2.35. The maximum absolute atomic E-state index is 14.2. The minimum Gasteiger partial charge on any atom is -0.348 e. The van der Waals surface area contributed by atoms with Gasteiger partial charge in [0.15, 0.2) is 0 Å². The number of hydrogen-bond acceptors (Lipinski definition) is 4. The molecule has 1 aliphatic carbocycles. The quantitative estimate of drug-likeness (QED) is 0.674. The van der Waals surface area contributed by atoms with Crippen LogP contribution in [0.5, 0.6) is 0 Å². The number of amides is 1. The number of halogens is 1. The first-order valence-corrected chi connectivity index (χ1v) is 10.3. The van der Waals surface area contributed by atoms with Crippen molar-refractivity contribution in [3.05, 3.63) is 57.4 Å². The molecule has 158 valence electrons. The van der Waals surface area contributed by atoms with Crippen LogP contribution in [0.2, 0.25) is 0 Å². The van der Waals surface area contributed by atoms with E-state index in [4.69, 9.17) is 0 Å². The average molecular weight is 411 g/mol. The largest absolute Gasteiger partial charge is 0.348 e. The zero-order valence-electron chi connectivity index (χ0n) is 17.6. The Morgan fingerprint density at radius 1 is 1.30 bits per heavy atom. The Hall–Kier alpha value is -3.03. The Morgan fingerprint density at radius 3 is 2.67 bits per heavy atom. The zero-order valence-corrected chi connectivity index (χ0v) is 17.6. The highest BCUT2D eigenvalue weighted by molar-refractivity contribution is 5.82. The summed E-state index contributed by atoms with van der Waals surface area (Å²) in [5, 5.41) is 12.2. The Kier molecular flexibility index (Phi) is 5.17. The van der Waals surface area contributed by atoms with Crippen molar-refractivity contribution >= 4 is 16.8 Å². The molecule has 3 aromatic rings. The molecule has 7 nitrogen and oxygen atoms in total. The number of fused-ring (bicyclic) bond motifs is 1. The van der Waals surface area contributed by atoms with E-state index >= 15 is 0 Å². The molecule has 1 aliphatic rings. The molecule has 1 fully saturated rings. The van der Waals surface area contributed by atoms with Gasteiger partial charge in [-0.25, -0.2) is 9.07 Å². The van der Waals surface area contributed by atoms with Gasteiger partial charge in [-0.3, -0.25) is 14.3 Å². The zero-order chi connectivity index (χ0) is 21.6. The molecule has 0 radical (unpaired) electrons. The van der Waals surface area contributed by atoms with Crippen LogP contribution in [0.4, 0.5) is 4.39 Å². The lowest BCUT2D eigenvalue weighted by Gasteiger charge is -2.16. The van der Waals surface area contributed by atoms with Crippen LogP contribution in [0.3, 0.4) is 0 Å². The van der Waals surface area contributed by atoms with Crippen molar-refractivity contribution < 1.29 is 9.18 Å². The van der Waals surface area contributed by atoms with Gasteiger partial charge in [0.2, 0.25) is 5.91 Å². The van der Waals surface area contributed by atoms with Crippen molar-refractivity contribution in [2.75, 3.05) is 0 Å². The summed E-state index contributed by atoms with van der Waals surface area (Å²) in [6.07, 6.45) is 3.64. The van der Waals surface area contributed by atoms with Crippen LogP contribution < -0.4 is 10.9 Å². The predicted molar refractivity (Wildman–Crippen MR) is 112 cm³/mol. The highest BCUT2D eigenvalue weighted by Crippen LogP contribution is 2.41. The molecule has 1 atom stereocenters. The van der Waals surface area contributed by atoms with Crippen molar-refractivity contribution in [1.29, 1.82) is 0 Å². The smallest absolute Gasteiger partial charge is 0.278 e. The molecule has 0 aliphatic heterocycles. The van der Waals surface area contributed by atoms with E-state index in [0.29, 0.717) is 22.4 Å². The van der Waals surface area contributed by atoms with Crippen molar-refractivity contribution in [2.24, 2.45) is 0 Å². The Morgan fingerprint density at radius 2 is 2.03 bits per heavy atom. The van der Waals surface area contributed by atoms with Gasteiger partial charge >= 0.3 is 0 Å². The standard InChI is InChI=1S/C22H26FN5O2/c1-12(2)28-18-10-24-27(22(30)20(18)21(26-28)15-6-7-15)11-19(29)25-14(4)16-8-5-13(3)9-17(16)23/h5,8-10,12,14-15H,6-7,11H2,1-4H3,(H,25,29). The maximum Gasteiger partial charge on any atom is 0.278 e. The van der Waals surface area contributed by atoms with Crippen LogP contribution in [0.1, 0.15) is 68.4 Å². The first-order chi connectivity index (χ1) is 14.3. The van der Waals surface area contributed by atoms with Gasteiger partial charge in [0, 0.05) is 17.5 Å². The molecule has 30 heavy (non-hydrogen) atoms. The normalized spacial score (nSPS) is 15.0. The summed E-state index contributed by atoms with van der Waals surface area (Å²) >= 11 is 0. The van der Waals surface area contributed by atoms with E-state index in [0.717, 1.165) is 28.8 Å². The fourth-order valence-electron chi connectivity index (χ4n) is 3.75. The van der Waals surface area contributed by atoms with Crippen LogP contribution >= 0.6 is 0 Å². The number of carbonyl (C=O) groups is 1. The first kappa shape index (κ1) is 20.3. The molecule has 0 spiro atoms. The number of aromatic nitrogens is 4. The van der Waals surface area contributed by atoms with Crippen molar-refractivity contribution in [2.45, 2.75) is 65.1 Å². The van der Waals surface area contributed by atoms with Crippen molar-refractivity contribution in [3.8, 4) is 0 Å². The molecular weight excluding hydrogens is 385 g/mol. The van der Waals surface area contributed by atoms with Gasteiger partial charge in [-0.1, -0.05) is 12.1 Å². The number of carbonyl (C=O) groups excluding carboxylic acids is 1. The number of nitrogens with zero attached hydrogens (tertiary/aromatic N) is 4. The third-order valence-corrected chi connectivity index (χ3v) is 5.49. The van der Waals surface area contributed by atoms with E-state index in [2.05, 4.69) is 15.5 Å². The third kappa shape index (κ3) is 3.74. The summed E-state index contributed by atoms with van der Waals surface area (Å²) in [5.41, 5.74) is 2.40. The minimum absolute atomic E-state index is 0.102. The summed E-state index contributed by atoms with van der Waals surface area (Å²) in [6.45, 7) is 7.30. The fraction of sp³-hybridized carbons (Fsp3) is 0.455. The Labute approximate surface area is 173 Å². The number of benzene rings is 1. The van der Waals surface area contributed by atoms with E-state index in [-0.39, 0.29) is 24.0 Å². The van der Waals surface area contributed by atoms with Crippen LogP contribution in [-0.4, -0.2) is 25.5 Å². The van der Waals surface area contributed by atoms with E-state index in [1.165, 1.54) is 6.07 Å². The van der Waals surface area contributed by atoms with Gasteiger partial charge in [0.1, 0.15) is 12.4 Å². The maximum atomic E-state index is 14.2. The lowest BCUT2D eigenvalue weighted by molar-refractivity contribution is -0.122. The fourth-order valence-corrected chi connectivity index (χ4v) is 3.75. The second-order valence-electron chi connectivity index (χ2n) is 8.38. The second kappa shape index (κ2) is 7.66. The molecule has 0 bridgehead atoms. The summed E-state index contributed by atoms with van der Waals surface area (Å²) in [6, 6.07) is 4.47. The van der Waals surface area contributed by atoms with Gasteiger partial charge in [-0.05, 0) is 52.2 Å². The van der Waals surface area contributed by atoms with Gasteiger partial charge in [0.05, 0.1) is 28.8 Å². The number of hydrogen-bond donors (Lipinski definition) is 1. The van der Waals surface area contributed by atoms with Gasteiger partial charge < -0.3 is 5.32 Å². The Bertz CT molecular complexity index is 1180. The summed E-state index contributed by atoms with van der Waals surface area (Å²) in [7, 11) is 0. The molecule has 2 heterocycles. The summed E-state index contributed by atoms with van der Waals surface area (Å²) < 4.78 is 17.2. The monoisotopic (exact) mass is 411 g/mol. The summed E-state index contributed by atoms with van der Waals surface area (Å²) in [5.74, 6) is -0.468. The SMILES string of the molecule is Cc1ccc(C(C)NC(=O)Cn2ncc3c(c(C4CC4)nn3C(C)C)c2=O)c(F)c1. The number of rotatable bonds is 6. The van der Waals surface area contributed by atoms with Crippen LogP contribution in [0, 0.1) is 12.7 Å². The summed E-state index contributed by atoms with van der Waals surface area (Å²) in [4.78, 5) is 25.7. The van der Waals surface area contributed by atoms with E-state index in [1.54, 1.807) is 25.3 Å². The predicted octanol–water partition coefficient (Wildman–Crippen LogP) is 3.38. The molecule has 8 heteroatoms. The topological polar surface area (TPSA) is 81.8 Å². The lowest BCUT2D eigenvalue weighted by atomic mass is 10.1. The molecule has 0 saturated heterocycles. The van der Waals surface area contributed by atoms with E-state index in [1.807, 2.05) is 25.5 Å². The molecule has 1 unspecified atom stereocenters. The highest BCUT2D eigenvalue weighted by atomic mass is 19.1. The van der Waals surface area contributed by atoms with E-state index < -0.39 is 11.9 Å². The average Bonchev–Trinajstić information content (AvgIpc) is 3.43. The van der Waals surface area contributed by atoms with Crippen molar-refractivity contribution in [3.63, 3.8) is 0 Å². The first-order valence-electron chi connectivity index (χ1n) is 10.3. The molecular formula is C22H26FN5O2. The number of aryl methyl sites for hydroxylation is 1. The number of nitrogens with one attached hydrogen (secondary N) is 1. The molecule has 1 saturated carbocycles. The third-order valence-electron chi connectivity index (χ3n) is 5.49. The van der Waals surface area contributed by atoms with Crippen LogP contribution in [0.25, 0.3) is 10.9 Å². The van der Waals surface area contributed by atoms with Crippen LogP contribution in [-0.2, 0) is 11.3 Å². The van der Waals surface area contributed by atoms with Crippen LogP contribution in [0.15, 0.2) is 29.2 Å². The van der Waals surface area contributed by atoms with Gasteiger partial charge in [0.25, 0.3) is 5.56 Å². The molecule has 4 rings (SSSR count).